The van der Waals surface area contributed by atoms with Gasteiger partial charge in [0, 0.05) is 18.8 Å². The molecule has 0 aliphatic carbocycles. The van der Waals surface area contributed by atoms with Gasteiger partial charge in [-0.05, 0) is 37.9 Å². The number of nitrogens with zero attached hydrogens (tertiary/aromatic N) is 3. The second kappa shape index (κ2) is 9.48. The average Bonchev–Trinajstić information content (AvgIpc) is 2.60. The summed E-state index contributed by atoms with van der Waals surface area (Å²) in [7, 11) is 5.61. The van der Waals surface area contributed by atoms with Gasteiger partial charge in [-0.15, -0.1) is 0 Å². The highest BCUT2D eigenvalue weighted by atomic mass is 16.5. The van der Waals surface area contributed by atoms with Gasteiger partial charge < -0.3 is 25.4 Å². The minimum absolute atomic E-state index is 0.316. The molecule has 1 aromatic heterocycles. The third-order valence-corrected chi connectivity index (χ3v) is 3.39. The highest BCUT2D eigenvalue weighted by Gasteiger charge is 2.03. The van der Waals surface area contributed by atoms with E-state index in [-0.39, 0.29) is 0 Å². The van der Waals surface area contributed by atoms with Crippen molar-refractivity contribution in [1.29, 1.82) is 0 Å². The Morgan fingerprint density at radius 1 is 1.28 bits per heavy atom. The number of pyridine rings is 1. The van der Waals surface area contributed by atoms with E-state index in [2.05, 4.69) is 20.2 Å². The summed E-state index contributed by atoms with van der Waals surface area (Å²) >= 11 is 0. The molecule has 1 heterocycles. The Bertz CT molecular complexity index is 703. The first kappa shape index (κ1) is 18.5. The molecule has 0 atom stereocenters. The van der Waals surface area contributed by atoms with Crippen LogP contribution >= 0.6 is 0 Å². The Kier molecular flexibility index (Phi) is 7.03. The summed E-state index contributed by atoms with van der Waals surface area (Å²) < 4.78 is 10.9. The molecule has 1 aromatic carbocycles. The first-order chi connectivity index (χ1) is 12.1. The van der Waals surface area contributed by atoms with Crippen molar-refractivity contribution < 1.29 is 9.47 Å². The summed E-state index contributed by atoms with van der Waals surface area (Å²) in [4.78, 5) is 10.6. The van der Waals surface area contributed by atoms with Crippen LogP contribution in [0.2, 0.25) is 0 Å². The van der Waals surface area contributed by atoms with Gasteiger partial charge in [-0.1, -0.05) is 12.1 Å². The minimum atomic E-state index is 0.316. The normalized spacial score (nSPS) is 11.4. The smallest absolute Gasteiger partial charge is 0.213 e. The van der Waals surface area contributed by atoms with E-state index in [1.54, 1.807) is 13.3 Å². The molecule has 0 aliphatic heterocycles. The molecule has 134 valence electrons. The van der Waals surface area contributed by atoms with Crippen LogP contribution in [0.5, 0.6) is 11.6 Å². The van der Waals surface area contributed by atoms with Crippen molar-refractivity contribution in [2.45, 2.75) is 6.54 Å². The second-order valence-electron chi connectivity index (χ2n) is 5.68. The van der Waals surface area contributed by atoms with Crippen LogP contribution in [0.3, 0.4) is 0 Å². The van der Waals surface area contributed by atoms with Crippen molar-refractivity contribution in [2.24, 2.45) is 10.7 Å². The summed E-state index contributed by atoms with van der Waals surface area (Å²) in [6, 6.07) is 11.3. The van der Waals surface area contributed by atoms with E-state index in [1.807, 2.05) is 50.5 Å². The maximum Gasteiger partial charge on any atom is 0.213 e. The number of guanidine groups is 1. The molecule has 0 saturated heterocycles. The molecule has 7 nitrogen and oxygen atoms in total. The fraction of sp³-hybridized carbons (Fsp3) is 0.333. The lowest BCUT2D eigenvalue weighted by atomic mass is 10.2. The molecule has 2 rings (SSSR count). The third kappa shape index (κ3) is 6.31. The van der Waals surface area contributed by atoms with Gasteiger partial charge in [0.05, 0.1) is 19.3 Å². The van der Waals surface area contributed by atoms with Gasteiger partial charge in [0.25, 0.3) is 0 Å². The van der Waals surface area contributed by atoms with Crippen LogP contribution in [-0.2, 0) is 6.54 Å². The number of nitrogens with two attached hydrogens (primary N) is 1. The van der Waals surface area contributed by atoms with Crippen LogP contribution in [-0.4, -0.2) is 50.2 Å². The molecule has 0 amide bonds. The lowest BCUT2D eigenvalue weighted by Gasteiger charge is -2.11. The van der Waals surface area contributed by atoms with E-state index in [1.165, 1.54) is 0 Å². The van der Waals surface area contributed by atoms with Crippen LogP contribution in [0.15, 0.2) is 47.6 Å². The van der Waals surface area contributed by atoms with Gasteiger partial charge in [-0.2, -0.15) is 0 Å². The zero-order chi connectivity index (χ0) is 18.1. The number of nitrogens with one attached hydrogen (secondary N) is 1. The van der Waals surface area contributed by atoms with Gasteiger partial charge >= 0.3 is 0 Å². The van der Waals surface area contributed by atoms with Crippen LogP contribution in [0.1, 0.15) is 5.56 Å². The summed E-state index contributed by atoms with van der Waals surface area (Å²) in [5, 5.41) is 3.04. The van der Waals surface area contributed by atoms with E-state index in [0.29, 0.717) is 30.7 Å². The van der Waals surface area contributed by atoms with E-state index >= 15 is 0 Å². The average molecular weight is 343 g/mol. The molecule has 3 N–H and O–H groups in total. The number of methoxy groups -OCH3 is 1. The molecule has 0 bridgehead atoms. The van der Waals surface area contributed by atoms with Gasteiger partial charge in [0.2, 0.25) is 5.88 Å². The minimum Gasteiger partial charge on any atom is -0.495 e. The Labute approximate surface area is 148 Å². The van der Waals surface area contributed by atoms with E-state index in [0.717, 1.165) is 17.8 Å². The zero-order valence-corrected chi connectivity index (χ0v) is 14.9. The monoisotopic (exact) mass is 343 g/mol. The number of para-hydroxylation sites is 2. The van der Waals surface area contributed by atoms with Gasteiger partial charge in [0.1, 0.15) is 12.4 Å². The number of hydrogen-bond acceptors (Lipinski definition) is 5. The Morgan fingerprint density at radius 2 is 2.08 bits per heavy atom. The topological polar surface area (TPSA) is 85.0 Å². The van der Waals surface area contributed by atoms with Gasteiger partial charge in [-0.25, -0.2) is 9.98 Å². The van der Waals surface area contributed by atoms with E-state index in [4.69, 9.17) is 15.2 Å². The molecule has 0 unspecified atom stereocenters. The number of ether oxygens (including phenoxy) is 2. The number of rotatable bonds is 8. The number of likely N-dealkylation sites (N-methyl/N-ethyl adjacent to an activating group) is 1. The molecule has 7 heteroatoms. The number of benzene rings is 1. The Morgan fingerprint density at radius 3 is 2.84 bits per heavy atom. The molecule has 25 heavy (non-hydrogen) atoms. The maximum atomic E-state index is 5.96. The summed E-state index contributed by atoms with van der Waals surface area (Å²) in [5.74, 6) is 1.61. The van der Waals surface area contributed by atoms with Crippen molar-refractivity contribution in [3.63, 3.8) is 0 Å². The molecule has 0 fully saturated rings. The first-order valence-corrected chi connectivity index (χ1v) is 8.01. The first-order valence-electron chi connectivity index (χ1n) is 8.01. The van der Waals surface area contributed by atoms with Crippen molar-refractivity contribution in [2.75, 3.05) is 39.7 Å². The fourth-order valence-electron chi connectivity index (χ4n) is 2.06. The van der Waals surface area contributed by atoms with Crippen molar-refractivity contribution in [3.8, 4) is 11.6 Å². The van der Waals surface area contributed by atoms with Crippen molar-refractivity contribution in [1.82, 2.24) is 9.88 Å². The predicted molar refractivity (Wildman–Crippen MR) is 100 cm³/mol. The van der Waals surface area contributed by atoms with Crippen molar-refractivity contribution in [3.05, 3.63) is 48.2 Å². The van der Waals surface area contributed by atoms with Crippen LogP contribution in [0, 0.1) is 0 Å². The fourth-order valence-corrected chi connectivity index (χ4v) is 2.06. The van der Waals surface area contributed by atoms with Crippen LogP contribution in [0.25, 0.3) is 0 Å². The molecule has 0 saturated carbocycles. The summed E-state index contributed by atoms with van der Waals surface area (Å²) in [6.07, 6.45) is 1.71. The largest absolute Gasteiger partial charge is 0.495 e. The molecule has 2 aromatic rings. The predicted octanol–water partition coefficient (Wildman–Crippen LogP) is 1.96. The molecular formula is C18H25N5O2. The number of anilines is 1. The quantitative estimate of drug-likeness (QED) is 0.563. The molecule has 0 spiro atoms. The summed E-state index contributed by atoms with van der Waals surface area (Å²) in [5.41, 5.74) is 7.70. The van der Waals surface area contributed by atoms with E-state index in [9.17, 15) is 0 Å². The van der Waals surface area contributed by atoms with Gasteiger partial charge in [-0.3, -0.25) is 0 Å². The standard InChI is InChI=1S/C18H25N5O2/c1-23(2)10-11-25-17-12-14(8-9-20-17)13-21-18(19)22-15-6-4-5-7-16(15)24-3/h4-9,12H,10-11,13H2,1-3H3,(H3,19,21,22). The number of aliphatic imine (C=N–C) groups is 1. The van der Waals surface area contributed by atoms with Crippen LogP contribution < -0.4 is 20.5 Å². The molecule has 0 aliphatic rings. The molecule has 0 radical (unpaired) electrons. The van der Waals surface area contributed by atoms with E-state index < -0.39 is 0 Å². The maximum absolute atomic E-state index is 5.96. The Balaban J connectivity index is 1.94. The highest BCUT2D eigenvalue weighted by molar-refractivity contribution is 5.93. The Hall–Kier alpha value is -2.80. The van der Waals surface area contributed by atoms with Gasteiger partial charge in [0.15, 0.2) is 5.96 Å². The lowest BCUT2D eigenvalue weighted by Crippen LogP contribution is -2.23. The third-order valence-electron chi connectivity index (χ3n) is 3.39. The van der Waals surface area contributed by atoms with Crippen molar-refractivity contribution >= 4 is 11.6 Å². The SMILES string of the molecule is COc1ccccc1NC(N)=NCc1ccnc(OCCN(C)C)c1. The number of hydrogen-bond donors (Lipinski definition) is 2. The van der Waals surface area contributed by atoms with Crippen LogP contribution in [0.4, 0.5) is 5.69 Å². The highest BCUT2D eigenvalue weighted by Crippen LogP contribution is 2.22. The summed E-state index contributed by atoms with van der Waals surface area (Å²) in [6.45, 7) is 1.85. The lowest BCUT2D eigenvalue weighted by molar-refractivity contribution is 0.253. The molecular weight excluding hydrogens is 318 g/mol. The zero-order valence-electron chi connectivity index (χ0n) is 14.9. The second-order valence-corrected chi connectivity index (χ2v) is 5.68. The number of aromatic nitrogens is 1.